The van der Waals surface area contributed by atoms with Crippen molar-refractivity contribution >= 4 is 43.5 Å². The van der Waals surface area contributed by atoms with Gasteiger partial charge in [-0.3, -0.25) is 4.55 Å². The quantitative estimate of drug-likeness (QED) is 0.113. The molecule has 2 aromatic rings. The zero-order valence-electron chi connectivity index (χ0n) is 22.4. The molecule has 0 saturated heterocycles. The molecule has 0 aromatic heterocycles. The Morgan fingerprint density at radius 1 is 0.765 bits per heavy atom. The van der Waals surface area contributed by atoms with E-state index in [4.69, 9.17) is 10.3 Å². The van der Waals surface area contributed by atoms with Gasteiger partial charge in [-0.2, -0.15) is 8.42 Å². The van der Waals surface area contributed by atoms with E-state index in [1.54, 1.807) is 0 Å². The van der Waals surface area contributed by atoms with Gasteiger partial charge in [-0.25, -0.2) is 0 Å². The van der Waals surface area contributed by atoms with Crippen molar-refractivity contribution in [3.8, 4) is 11.1 Å². The molecule has 0 heterocycles. The van der Waals surface area contributed by atoms with Crippen molar-refractivity contribution in [2.45, 2.75) is 77.8 Å². The van der Waals surface area contributed by atoms with E-state index < -0.39 is 10.1 Å². The van der Waals surface area contributed by atoms with Crippen LogP contribution in [-0.4, -0.2) is 34.7 Å². The van der Waals surface area contributed by atoms with Gasteiger partial charge in [0.2, 0.25) is 0 Å². The van der Waals surface area contributed by atoms with Crippen LogP contribution in [0, 0.1) is 6.07 Å². The second-order valence-corrected chi connectivity index (χ2v) is 17.4. The molecule has 0 amide bonds. The Bertz CT molecular complexity index is 805. The molecule has 0 bridgehead atoms. The summed E-state index contributed by atoms with van der Waals surface area (Å²) in [7, 11) is 4.48. The predicted molar refractivity (Wildman–Crippen MR) is 161 cm³/mol. The molecule has 2 aromatic carbocycles. The molecule has 0 spiro atoms. The van der Waals surface area contributed by atoms with Gasteiger partial charge in [-0.05, 0) is 27.2 Å². The summed E-state index contributed by atoms with van der Waals surface area (Å²) in [4.78, 5) is 0. The van der Waals surface area contributed by atoms with Crippen LogP contribution < -0.4 is 5.73 Å². The van der Waals surface area contributed by atoms with E-state index in [1.807, 2.05) is 48.5 Å². The van der Waals surface area contributed by atoms with E-state index in [0.717, 1.165) is 16.8 Å². The first-order chi connectivity index (χ1) is 14.4. The zero-order valence-corrected chi connectivity index (χ0v) is 28.3. The monoisotopic (exact) mass is 640 g/mol. The molecule has 0 fully saturated rings. The van der Waals surface area contributed by atoms with Gasteiger partial charge in [0.25, 0.3) is 10.1 Å². The van der Waals surface area contributed by atoms with Crippen LogP contribution in [0.1, 0.15) is 62.3 Å². The van der Waals surface area contributed by atoms with Crippen molar-refractivity contribution < 1.29 is 33.4 Å². The van der Waals surface area contributed by atoms with Crippen LogP contribution in [0.3, 0.4) is 0 Å². The molecule has 0 aliphatic heterocycles. The summed E-state index contributed by atoms with van der Waals surface area (Å²) in [5.74, 6) is 0. The Morgan fingerprint density at radius 2 is 1.06 bits per heavy atom. The second kappa shape index (κ2) is 19.2. The van der Waals surface area contributed by atoms with Crippen molar-refractivity contribution in [3.63, 3.8) is 0 Å². The smallest absolute Gasteiger partial charge is 0.261 e. The van der Waals surface area contributed by atoms with Gasteiger partial charge in [-0.1, -0.05) is 86.1 Å². The molecule has 4 nitrogen and oxygen atoms in total. The van der Waals surface area contributed by atoms with E-state index in [1.165, 1.54) is 0 Å². The van der Waals surface area contributed by atoms with E-state index in [9.17, 15) is 8.42 Å². The van der Waals surface area contributed by atoms with Crippen LogP contribution >= 0.6 is 27.7 Å². The fourth-order valence-electron chi connectivity index (χ4n) is 1.30. The molecule has 3 unspecified atom stereocenters. The van der Waals surface area contributed by atoms with Crippen molar-refractivity contribution in [1.29, 1.82) is 0 Å². The van der Waals surface area contributed by atoms with E-state index in [-0.39, 0.29) is 20.4 Å². The summed E-state index contributed by atoms with van der Waals surface area (Å²) in [6, 6.07) is 18.8. The molecular formula is C25H47NO3P3PdS-. The Kier molecular flexibility index (Phi) is 23.3. The van der Waals surface area contributed by atoms with Crippen LogP contribution in [-0.2, 0) is 30.5 Å². The van der Waals surface area contributed by atoms with E-state index in [2.05, 4.69) is 96.1 Å². The van der Waals surface area contributed by atoms with Gasteiger partial charge in [0.05, 0.1) is 6.26 Å². The molecule has 0 radical (unpaired) electrons. The minimum atomic E-state index is -3.67. The fourth-order valence-corrected chi connectivity index (χ4v) is 1.30. The van der Waals surface area contributed by atoms with Gasteiger partial charge in [-0.15, -0.1) is 63.6 Å². The summed E-state index contributed by atoms with van der Waals surface area (Å²) >= 11 is 0. The van der Waals surface area contributed by atoms with Crippen LogP contribution in [0.25, 0.3) is 11.1 Å². The molecule has 202 valence electrons. The van der Waals surface area contributed by atoms with Gasteiger partial charge < -0.3 is 5.73 Å². The normalized spacial score (nSPS) is 10.8. The minimum absolute atomic E-state index is 0. The Labute approximate surface area is 231 Å². The number of hydrogen-bond acceptors (Lipinski definition) is 3. The molecule has 0 aliphatic rings. The first-order valence-corrected chi connectivity index (χ1v) is 14.1. The maximum atomic E-state index is 9.19. The van der Waals surface area contributed by atoms with Crippen LogP contribution in [0.2, 0.25) is 0 Å². The molecule has 9 heteroatoms. The summed E-state index contributed by atoms with van der Waals surface area (Å²) in [6.45, 7) is 19.4. The van der Waals surface area contributed by atoms with Crippen LogP contribution in [0.5, 0.6) is 0 Å². The van der Waals surface area contributed by atoms with E-state index >= 15 is 0 Å². The third-order valence-electron chi connectivity index (χ3n) is 1.96. The van der Waals surface area contributed by atoms with Crippen LogP contribution in [0.15, 0.2) is 48.5 Å². The Balaban J connectivity index is -0.000000183. The summed E-state index contributed by atoms with van der Waals surface area (Å²) in [5.41, 5.74) is 8.72. The van der Waals surface area contributed by atoms with E-state index in [0.29, 0.717) is 21.7 Å². The van der Waals surface area contributed by atoms with Crippen molar-refractivity contribution in [3.05, 3.63) is 54.6 Å². The van der Waals surface area contributed by atoms with Gasteiger partial charge in [0.15, 0.2) is 0 Å². The maximum absolute atomic E-state index is 9.19. The van der Waals surface area contributed by atoms with Crippen LogP contribution in [0.4, 0.5) is 5.69 Å². The fraction of sp³-hybridized carbons (Fsp3) is 0.520. The number of hydrogen-bond donors (Lipinski definition) is 2. The van der Waals surface area contributed by atoms with Gasteiger partial charge in [0, 0.05) is 20.4 Å². The molecule has 0 saturated carbocycles. The molecule has 2 rings (SSSR count). The zero-order chi connectivity index (χ0) is 27.1. The standard InChI is InChI=1S/C12H10N.3C4H11P.CH4O3S.Pd/c13-12-9-5-4-8-11(12)10-6-2-1-3-7-10;3*1-4(2,3)5;1-5(2,3)4;/h1-6,8-9H,13H2;3*5H2,1-3H3;1H3,(H,2,3,4);/q-1;;;;;. The van der Waals surface area contributed by atoms with Gasteiger partial charge in [0.1, 0.15) is 0 Å². The van der Waals surface area contributed by atoms with Crippen molar-refractivity contribution in [1.82, 2.24) is 0 Å². The number of benzene rings is 2. The third kappa shape index (κ3) is 58.2. The first-order valence-electron chi connectivity index (χ1n) is 10.5. The Hall–Kier alpha value is 0.102. The number of rotatable bonds is 1. The maximum Gasteiger partial charge on any atom is 0.261 e. The third-order valence-corrected chi connectivity index (χ3v) is 1.96. The SMILES string of the molecule is CC(C)(C)P.CC(C)(C)P.CC(C)(C)P.CS(=O)(=O)O.Nc1ccccc1-c1[c-]cccc1.[Pd]. The molecule has 0 aliphatic carbocycles. The average molecular weight is 641 g/mol. The Morgan fingerprint density at radius 3 is 1.32 bits per heavy atom. The molecule has 34 heavy (non-hydrogen) atoms. The summed E-state index contributed by atoms with van der Waals surface area (Å²) in [5, 5.41) is 1.25. The average Bonchev–Trinajstić information content (AvgIpc) is 2.50. The van der Waals surface area contributed by atoms with Crippen molar-refractivity contribution in [2.75, 3.05) is 12.0 Å². The largest absolute Gasteiger partial charge is 0.406 e. The number of nitrogen functional groups attached to an aromatic ring is 1. The second-order valence-electron chi connectivity index (χ2n) is 10.7. The van der Waals surface area contributed by atoms with Gasteiger partial charge >= 0.3 is 0 Å². The predicted octanol–water partition coefficient (Wildman–Crippen LogP) is 7.22. The topological polar surface area (TPSA) is 80.4 Å². The minimum Gasteiger partial charge on any atom is -0.406 e. The number of nitrogens with two attached hydrogens (primary N) is 1. The molecule has 3 atom stereocenters. The molecular weight excluding hydrogens is 594 g/mol. The first kappa shape index (κ1) is 41.2. The number of anilines is 1. The molecule has 3 N–H and O–H groups in total. The van der Waals surface area contributed by atoms with Crippen molar-refractivity contribution in [2.24, 2.45) is 0 Å². The summed E-state index contributed by atoms with van der Waals surface area (Å²) < 4.78 is 25.9. The summed E-state index contributed by atoms with van der Waals surface area (Å²) in [6.07, 6.45) is 0.715. The number of para-hydroxylation sites is 1.